The summed E-state index contributed by atoms with van der Waals surface area (Å²) in [4.78, 5) is 27.3. The van der Waals surface area contributed by atoms with Crippen molar-refractivity contribution in [2.75, 3.05) is 0 Å². The van der Waals surface area contributed by atoms with Crippen LogP contribution in [0.1, 0.15) is 15.9 Å². The van der Waals surface area contributed by atoms with E-state index in [1.165, 1.54) is 10.8 Å². The molecule has 0 radical (unpaired) electrons. The van der Waals surface area contributed by atoms with Crippen LogP contribution in [0, 0.1) is 0 Å². The summed E-state index contributed by atoms with van der Waals surface area (Å²) in [6.45, 7) is 0.364. The molecule has 6 nitrogen and oxygen atoms in total. The molecular weight excluding hydrogens is 306 g/mol. The fraction of sp³-hybridized carbons (Fsp3) is 0.133. The number of hydrogen-bond acceptors (Lipinski definition) is 4. The Bertz CT molecular complexity index is 855. The van der Waals surface area contributed by atoms with E-state index in [2.05, 4.69) is 10.3 Å². The molecule has 0 aliphatic heterocycles. The molecule has 3 rings (SSSR count). The largest absolute Gasteiger partial charge is 0.419 e. The number of nitrogens with zero attached hydrogens (tertiary/aromatic N) is 2. The average Bonchev–Trinajstić information content (AvgIpc) is 2.80. The van der Waals surface area contributed by atoms with Crippen molar-refractivity contribution >= 4 is 29.4 Å². The number of hydrogen-bond donors (Lipinski definition) is 1. The smallest absolute Gasteiger partial charge is 0.408 e. The van der Waals surface area contributed by atoms with Crippen molar-refractivity contribution in [1.29, 1.82) is 0 Å². The molecule has 0 atom stereocenters. The van der Waals surface area contributed by atoms with Crippen molar-refractivity contribution in [2.45, 2.75) is 6.54 Å². The molecule has 0 bridgehead atoms. The number of aryl methyl sites for hydroxylation is 1. The minimum atomic E-state index is -0.401. The molecule has 1 amide bonds. The molecule has 0 spiro atoms. The van der Waals surface area contributed by atoms with E-state index in [0.29, 0.717) is 23.2 Å². The second-order valence-electron chi connectivity index (χ2n) is 4.65. The van der Waals surface area contributed by atoms with E-state index in [9.17, 15) is 9.59 Å². The molecule has 0 aliphatic carbocycles. The minimum Gasteiger partial charge on any atom is -0.408 e. The topological polar surface area (TPSA) is 77.1 Å². The van der Waals surface area contributed by atoms with Gasteiger partial charge in [0, 0.05) is 26.0 Å². The number of rotatable bonds is 3. The maximum Gasteiger partial charge on any atom is 0.419 e. The third-order valence-corrected chi connectivity index (χ3v) is 3.23. The molecule has 2 heterocycles. The summed E-state index contributed by atoms with van der Waals surface area (Å²) < 4.78 is 6.49. The maximum atomic E-state index is 11.9. The van der Waals surface area contributed by atoms with Gasteiger partial charge in [-0.25, -0.2) is 4.79 Å². The van der Waals surface area contributed by atoms with Gasteiger partial charge in [0.25, 0.3) is 5.91 Å². The Hall–Kier alpha value is -2.60. The van der Waals surface area contributed by atoms with Crippen LogP contribution in [0.15, 0.2) is 51.9 Å². The molecule has 0 saturated heterocycles. The fourth-order valence-electron chi connectivity index (χ4n) is 2.06. The number of halogens is 1. The Kier molecular flexibility index (Phi) is 4.62. The van der Waals surface area contributed by atoms with Gasteiger partial charge in [-0.1, -0.05) is 6.07 Å². The molecular formula is C15H14ClN3O3. The molecule has 0 fully saturated rings. The number of benzene rings is 1. The predicted molar refractivity (Wildman–Crippen MR) is 84.1 cm³/mol. The second kappa shape index (κ2) is 6.44. The molecule has 7 heteroatoms. The molecule has 0 unspecified atom stereocenters. The van der Waals surface area contributed by atoms with Crippen LogP contribution in [0.3, 0.4) is 0 Å². The summed E-state index contributed by atoms with van der Waals surface area (Å²) in [6.07, 6.45) is 3.13. The second-order valence-corrected chi connectivity index (χ2v) is 4.65. The van der Waals surface area contributed by atoms with Crippen molar-refractivity contribution in [1.82, 2.24) is 14.9 Å². The van der Waals surface area contributed by atoms with E-state index in [-0.39, 0.29) is 18.3 Å². The summed E-state index contributed by atoms with van der Waals surface area (Å²) in [7, 11) is 1.65. The van der Waals surface area contributed by atoms with Gasteiger partial charge in [0.05, 0.1) is 11.1 Å². The van der Waals surface area contributed by atoms with E-state index in [0.717, 1.165) is 5.56 Å². The molecule has 2 aromatic heterocycles. The Labute approximate surface area is 132 Å². The van der Waals surface area contributed by atoms with E-state index in [4.69, 9.17) is 4.42 Å². The third kappa shape index (κ3) is 3.01. The minimum absolute atomic E-state index is 0. The van der Waals surface area contributed by atoms with Gasteiger partial charge in [-0.05, 0) is 29.8 Å². The Morgan fingerprint density at radius 1 is 1.36 bits per heavy atom. The summed E-state index contributed by atoms with van der Waals surface area (Å²) in [6, 6.07) is 8.77. The molecule has 1 aromatic carbocycles. The standard InChI is InChI=1S/C15H13N3O3.ClH/c1-18-12-7-10(4-5-13(12)21-15(18)20)8-17-14(19)11-3-2-6-16-9-11;/h2-7,9H,8H2,1H3,(H,17,19);1H. The third-order valence-electron chi connectivity index (χ3n) is 3.23. The van der Waals surface area contributed by atoms with Crippen molar-refractivity contribution < 1.29 is 9.21 Å². The Balaban J connectivity index is 0.00000176. The molecule has 0 saturated carbocycles. The number of carbonyl (C=O) groups is 1. The van der Waals surface area contributed by atoms with Crippen molar-refractivity contribution in [3.8, 4) is 0 Å². The lowest BCUT2D eigenvalue weighted by atomic mass is 10.2. The first-order chi connectivity index (χ1) is 10.1. The predicted octanol–water partition coefficient (Wildman–Crippen LogP) is 1.88. The van der Waals surface area contributed by atoms with Crippen molar-refractivity contribution in [3.63, 3.8) is 0 Å². The first kappa shape index (κ1) is 15.8. The molecule has 3 aromatic rings. The number of carbonyl (C=O) groups excluding carboxylic acids is 1. The zero-order valence-corrected chi connectivity index (χ0v) is 12.6. The summed E-state index contributed by atoms with van der Waals surface area (Å²) in [5, 5.41) is 2.81. The molecule has 0 aliphatic rings. The van der Waals surface area contributed by atoms with E-state index >= 15 is 0 Å². The first-order valence-electron chi connectivity index (χ1n) is 6.42. The van der Waals surface area contributed by atoms with Crippen LogP contribution in [0.2, 0.25) is 0 Å². The lowest BCUT2D eigenvalue weighted by Crippen LogP contribution is -2.22. The van der Waals surface area contributed by atoms with Gasteiger partial charge in [-0.2, -0.15) is 0 Å². The van der Waals surface area contributed by atoms with E-state index < -0.39 is 5.76 Å². The van der Waals surface area contributed by atoms with Crippen molar-refractivity contribution in [3.05, 3.63) is 64.4 Å². The quantitative estimate of drug-likeness (QED) is 0.799. The number of fused-ring (bicyclic) bond motifs is 1. The first-order valence-corrected chi connectivity index (χ1v) is 6.42. The number of pyridine rings is 1. The monoisotopic (exact) mass is 319 g/mol. The highest BCUT2D eigenvalue weighted by Crippen LogP contribution is 2.14. The van der Waals surface area contributed by atoms with Crippen LogP contribution >= 0.6 is 12.4 Å². The normalized spacial score (nSPS) is 10.2. The molecule has 1 N–H and O–H groups in total. The van der Waals surface area contributed by atoms with Gasteiger partial charge >= 0.3 is 5.76 Å². The van der Waals surface area contributed by atoms with Crippen LogP contribution in [0.5, 0.6) is 0 Å². The zero-order chi connectivity index (χ0) is 14.8. The number of nitrogens with one attached hydrogen (secondary N) is 1. The number of amides is 1. The summed E-state index contributed by atoms with van der Waals surface area (Å²) in [5.74, 6) is -0.592. The highest BCUT2D eigenvalue weighted by atomic mass is 35.5. The highest BCUT2D eigenvalue weighted by molar-refractivity contribution is 5.93. The van der Waals surface area contributed by atoms with Crippen molar-refractivity contribution in [2.24, 2.45) is 7.05 Å². The van der Waals surface area contributed by atoms with Gasteiger partial charge in [0.15, 0.2) is 5.58 Å². The van der Waals surface area contributed by atoms with Gasteiger partial charge < -0.3 is 9.73 Å². The Morgan fingerprint density at radius 3 is 2.91 bits per heavy atom. The highest BCUT2D eigenvalue weighted by Gasteiger charge is 2.08. The molecule has 22 heavy (non-hydrogen) atoms. The van der Waals surface area contributed by atoms with Gasteiger partial charge in [0.1, 0.15) is 0 Å². The number of oxazole rings is 1. The summed E-state index contributed by atoms with van der Waals surface area (Å²) >= 11 is 0. The number of aromatic nitrogens is 2. The summed E-state index contributed by atoms with van der Waals surface area (Å²) in [5.41, 5.74) is 2.63. The Morgan fingerprint density at radius 2 is 2.18 bits per heavy atom. The lowest BCUT2D eigenvalue weighted by Gasteiger charge is -2.05. The van der Waals surface area contributed by atoms with Gasteiger partial charge in [-0.15, -0.1) is 12.4 Å². The SMILES string of the molecule is Cl.Cn1c(=O)oc2ccc(CNC(=O)c3cccnc3)cc21. The van der Waals surface area contributed by atoms with E-state index in [1.807, 2.05) is 12.1 Å². The average molecular weight is 320 g/mol. The lowest BCUT2D eigenvalue weighted by molar-refractivity contribution is 0.0950. The van der Waals surface area contributed by atoms with Crippen LogP contribution < -0.4 is 11.1 Å². The fourth-order valence-corrected chi connectivity index (χ4v) is 2.06. The van der Waals surface area contributed by atoms with Crippen LogP contribution in [0.25, 0.3) is 11.1 Å². The molecule has 114 valence electrons. The van der Waals surface area contributed by atoms with Crippen LogP contribution in [0.4, 0.5) is 0 Å². The van der Waals surface area contributed by atoms with Gasteiger partial charge in [0.2, 0.25) is 0 Å². The van der Waals surface area contributed by atoms with Crippen LogP contribution in [-0.2, 0) is 13.6 Å². The maximum absolute atomic E-state index is 11.9. The van der Waals surface area contributed by atoms with Crippen LogP contribution in [-0.4, -0.2) is 15.5 Å². The zero-order valence-electron chi connectivity index (χ0n) is 11.8. The van der Waals surface area contributed by atoms with E-state index in [1.54, 1.807) is 31.4 Å². The van der Waals surface area contributed by atoms with Gasteiger partial charge in [-0.3, -0.25) is 14.3 Å².